The second-order valence-electron chi connectivity index (χ2n) is 5.91. The number of rotatable bonds is 4. The number of nitrogens with one attached hydrogen (secondary N) is 2. The van der Waals surface area contributed by atoms with Crippen molar-refractivity contribution in [2.24, 2.45) is 10.9 Å². The second-order valence-corrected chi connectivity index (χ2v) is 7.71. The minimum Gasteiger partial charge on any atom is -0.352 e. The topological polar surface area (TPSA) is 39.7 Å². The van der Waals surface area contributed by atoms with Crippen LogP contribution in [0.15, 0.2) is 17.1 Å². The van der Waals surface area contributed by atoms with Crippen LogP contribution >= 0.6 is 22.9 Å². The smallest absolute Gasteiger partial charge is 0.191 e. The number of aliphatic imine (C=N–C) groups is 1. The average molecular weight is 329 g/mol. The number of hydrogen-bond acceptors (Lipinski definition) is 3. The standard InChI is InChI=1S/C15H25ClN4S/c1-10(2)20-8-11(3)13(9-20)19-15(17-4)18-7-12-5-6-14(16)21-12/h5-6,10-11,13H,7-9H2,1-4H3,(H2,17,18,19). The molecule has 0 bridgehead atoms. The molecule has 1 saturated heterocycles. The van der Waals surface area contributed by atoms with E-state index in [-0.39, 0.29) is 0 Å². The van der Waals surface area contributed by atoms with Gasteiger partial charge in [-0.25, -0.2) is 0 Å². The highest BCUT2D eigenvalue weighted by Gasteiger charge is 2.31. The van der Waals surface area contributed by atoms with E-state index in [4.69, 9.17) is 11.6 Å². The molecule has 0 spiro atoms. The first kappa shape index (κ1) is 16.6. The lowest BCUT2D eigenvalue weighted by molar-refractivity contribution is 0.265. The van der Waals surface area contributed by atoms with Crippen LogP contribution in [0.5, 0.6) is 0 Å². The molecule has 1 aromatic heterocycles. The molecule has 0 aliphatic carbocycles. The van der Waals surface area contributed by atoms with Crippen molar-refractivity contribution in [2.45, 2.75) is 39.4 Å². The zero-order chi connectivity index (χ0) is 15.4. The van der Waals surface area contributed by atoms with E-state index in [2.05, 4.69) is 41.3 Å². The predicted octanol–water partition coefficient (Wildman–Crippen LogP) is 2.80. The van der Waals surface area contributed by atoms with Gasteiger partial charge in [-0.15, -0.1) is 11.3 Å². The van der Waals surface area contributed by atoms with Crippen molar-refractivity contribution in [2.75, 3.05) is 20.1 Å². The fraction of sp³-hybridized carbons (Fsp3) is 0.667. The van der Waals surface area contributed by atoms with E-state index in [1.54, 1.807) is 11.3 Å². The summed E-state index contributed by atoms with van der Waals surface area (Å²) in [5.74, 6) is 1.49. The van der Waals surface area contributed by atoms with Gasteiger partial charge >= 0.3 is 0 Å². The number of thiophene rings is 1. The normalized spacial score (nSPS) is 23.8. The van der Waals surface area contributed by atoms with E-state index in [1.807, 2.05) is 19.2 Å². The third-order valence-electron chi connectivity index (χ3n) is 3.98. The fourth-order valence-electron chi connectivity index (χ4n) is 2.60. The maximum atomic E-state index is 5.95. The summed E-state index contributed by atoms with van der Waals surface area (Å²) >= 11 is 7.55. The Morgan fingerprint density at radius 3 is 2.76 bits per heavy atom. The minimum absolute atomic E-state index is 0.450. The number of halogens is 1. The van der Waals surface area contributed by atoms with E-state index < -0.39 is 0 Å². The van der Waals surface area contributed by atoms with Crippen molar-refractivity contribution in [3.05, 3.63) is 21.3 Å². The first-order valence-electron chi connectivity index (χ1n) is 7.45. The second kappa shape index (κ2) is 7.47. The van der Waals surface area contributed by atoms with Crippen LogP contribution in [-0.2, 0) is 6.54 Å². The number of hydrogen-bond donors (Lipinski definition) is 2. The van der Waals surface area contributed by atoms with Gasteiger partial charge in [0.2, 0.25) is 0 Å². The van der Waals surface area contributed by atoms with Gasteiger partial charge in [-0.05, 0) is 31.9 Å². The van der Waals surface area contributed by atoms with Crippen molar-refractivity contribution in [3.63, 3.8) is 0 Å². The monoisotopic (exact) mass is 328 g/mol. The molecule has 2 atom stereocenters. The quantitative estimate of drug-likeness (QED) is 0.659. The highest BCUT2D eigenvalue weighted by Crippen LogP contribution is 2.21. The highest BCUT2D eigenvalue weighted by molar-refractivity contribution is 7.16. The zero-order valence-corrected chi connectivity index (χ0v) is 14.8. The maximum Gasteiger partial charge on any atom is 0.191 e. The molecular weight excluding hydrogens is 304 g/mol. The Morgan fingerprint density at radius 1 is 1.48 bits per heavy atom. The summed E-state index contributed by atoms with van der Waals surface area (Å²) < 4.78 is 0.826. The molecule has 0 radical (unpaired) electrons. The number of guanidine groups is 1. The van der Waals surface area contributed by atoms with Crippen LogP contribution < -0.4 is 10.6 Å². The minimum atomic E-state index is 0.450. The summed E-state index contributed by atoms with van der Waals surface area (Å²) in [6.45, 7) is 9.78. The summed E-state index contributed by atoms with van der Waals surface area (Å²) in [5.41, 5.74) is 0. The third kappa shape index (κ3) is 4.59. The Morgan fingerprint density at radius 2 is 2.24 bits per heavy atom. The molecule has 4 nitrogen and oxygen atoms in total. The molecule has 21 heavy (non-hydrogen) atoms. The van der Waals surface area contributed by atoms with Crippen LogP contribution in [0.2, 0.25) is 4.34 Å². The van der Waals surface area contributed by atoms with Gasteiger partial charge in [-0.1, -0.05) is 18.5 Å². The van der Waals surface area contributed by atoms with Crippen LogP contribution in [-0.4, -0.2) is 43.1 Å². The molecule has 1 fully saturated rings. The Kier molecular flexibility index (Phi) is 5.90. The van der Waals surface area contributed by atoms with Crippen LogP contribution in [0.4, 0.5) is 0 Å². The largest absolute Gasteiger partial charge is 0.352 e. The van der Waals surface area contributed by atoms with E-state index >= 15 is 0 Å². The Balaban J connectivity index is 1.85. The predicted molar refractivity (Wildman–Crippen MR) is 92.3 cm³/mol. The van der Waals surface area contributed by atoms with Gasteiger partial charge in [0.1, 0.15) is 0 Å². The van der Waals surface area contributed by atoms with Crippen molar-refractivity contribution in [1.82, 2.24) is 15.5 Å². The highest BCUT2D eigenvalue weighted by atomic mass is 35.5. The fourth-order valence-corrected chi connectivity index (χ4v) is 3.63. The average Bonchev–Trinajstić information content (AvgIpc) is 3.01. The van der Waals surface area contributed by atoms with Crippen molar-refractivity contribution < 1.29 is 0 Å². The number of nitrogens with zero attached hydrogens (tertiary/aromatic N) is 2. The molecule has 2 heterocycles. The van der Waals surface area contributed by atoms with Crippen LogP contribution in [0.25, 0.3) is 0 Å². The summed E-state index contributed by atoms with van der Waals surface area (Å²) in [6, 6.07) is 5.03. The third-order valence-corrected chi connectivity index (χ3v) is 5.21. The molecule has 2 unspecified atom stereocenters. The van der Waals surface area contributed by atoms with Gasteiger partial charge in [0.15, 0.2) is 5.96 Å². The van der Waals surface area contributed by atoms with Gasteiger partial charge < -0.3 is 10.6 Å². The molecule has 0 saturated carbocycles. The van der Waals surface area contributed by atoms with Gasteiger partial charge in [-0.3, -0.25) is 9.89 Å². The van der Waals surface area contributed by atoms with Crippen molar-refractivity contribution in [3.8, 4) is 0 Å². The SMILES string of the molecule is CN=C(NCc1ccc(Cl)s1)NC1CN(C(C)C)CC1C. The molecule has 0 aromatic carbocycles. The van der Waals surface area contributed by atoms with Gasteiger partial charge in [0.05, 0.1) is 10.9 Å². The summed E-state index contributed by atoms with van der Waals surface area (Å²) in [5, 5.41) is 6.91. The summed E-state index contributed by atoms with van der Waals surface area (Å²) in [4.78, 5) is 8.05. The van der Waals surface area contributed by atoms with Gasteiger partial charge in [0, 0.05) is 37.1 Å². The van der Waals surface area contributed by atoms with E-state index in [0.29, 0.717) is 18.0 Å². The Hall–Kier alpha value is -0.780. The zero-order valence-electron chi connectivity index (χ0n) is 13.2. The first-order chi connectivity index (χ1) is 9.99. The van der Waals surface area contributed by atoms with Gasteiger partial charge in [-0.2, -0.15) is 0 Å². The lowest BCUT2D eigenvalue weighted by atomic mass is 10.1. The van der Waals surface area contributed by atoms with E-state index in [9.17, 15) is 0 Å². The lowest BCUT2D eigenvalue weighted by Crippen LogP contribution is -2.46. The molecule has 118 valence electrons. The maximum absolute atomic E-state index is 5.95. The first-order valence-corrected chi connectivity index (χ1v) is 8.64. The number of likely N-dealkylation sites (tertiary alicyclic amines) is 1. The molecule has 6 heteroatoms. The Bertz CT molecular complexity index is 486. The molecule has 2 rings (SSSR count). The molecular formula is C15H25ClN4S. The van der Waals surface area contributed by atoms with Crippen molar-refractivity contribution >= 4 is 28.9 Å². The summed E-state index contributed by atoms with van der Waals surface area (Å²) in [6.07, 6.45) is 0. The van der Waals surface area contributed by atoms with Crippen LogP contribution in [0.1, 0.15) is 25.6 Å². The molecule has 0 amide bonds. The van der Waals surface area contributed by atoms with Crippen LogP contribution in [0, 0.1) is 5.92 Å². The van der Waals surface area contributed by atoms with Crippen LogP contribution in [0.3, 0.4) is 0 Å². The Labute approximate surface area is 136 Å². The van der Waals surface area contributed by atoms with Gasteiger partial charge in [0.25, 0.3) is 0 Å². The molecule has 2 N–H and O–H groups in total. The summed E-state index contributed by atoms with van der Waals surface area (Å²) in [7, 11) is 1.82. The van der Waals surface area contributed by atoms with Crippen molar-refractivity contribution in [1.29, 1.82) is 0 Å². The van der Waals surface area contributed by atoms with E-state index in [0.717, 1.165) is 29.9 Å². The molecule has 1 aromatic rings. The molecule has 1 aliphatic heterocycles. The molecule has 1 aliphatic rings. The lowest BCUT2D eigenvalue weighted by Gasteiger charge is -2.21. The van der Waals surface area contributed by atoms with E-state index in [1.165, 1.54) is 4.88 Å².